The summed E-state index contributed by atoms with van der Waals surface area (Å²) >= 11 is 5.57. The Morgan fingerprint density at radius 3 is 2.80 bits per heavy atom. The number of alkyl halides is 1. The number of fused-ring (bicyclic) bond motifs is 1. The SMILES string of the molecule is O=C1NC2CCCCC2C(=O)N1CCCl. The number of hydrogen-bond donors (Lipinski definition) is 1. The molecule has 2 rings (SSSR count). The number of carbonyl (C=O) groups excluding carboxylic acids is 2. The van der Waals surface area contributed by atoms with E-state index in [4.69, 9.17) is 11.6 Å². The Hall–Kier alpha value is -0.770. The Kier molecular flexibility index (Phi) is 3.14. The zero-order valence-corrected chi connectivity index (χ0v) is 9.29. The summed E-state index contributed by atoms with van der Waals surface area (Å²) in [5.74, 6) is 0.250. The summed E-state index contributed by atoms with van der Waals surface area (Å²) in [5, 5.41) is 2.89. The van der Waals surface area contributed by atoms with Gasteiger partial charge in [-0.1, -0.05) is 12.8 Å². The molecule has 2 fully saturated rings. The van der Waals surface area contributed by atoms with Crippen molar-refractivity contribution in [3.8, 4) is 0 Å². The van der Waals surface area contributed by atoms with Gasteiger partial charge in [0.25, 0.3) is 0 Å². The molecule has 0 bridgehead atoms. The van der Waals surface area contributed by atoms with Crippen molar-refractivity contribution in [3.05, 3.63) is 0 Å². The molecule has 5 heteroatoms. The Balaban J connectivity index is 2.11. The minimum atomic E-state index is -0.274. The van der Waals surface area contributed by atoms with Gasteiger partial charge in [-0.15, -0.1) is 11.6 Å². The third-order valence-electron chi connectivity index (χ3n) is 3.21. The molecule has 0 radical (unpaired) electrons. The van der Waals surface area contributed by atoms with Crippen molar-refractivity contribution in [2.24, 2.45) is 5.92 Å². The molecule has 1 saturated carbocycles. The molecule has 0 aromatic heterocycles. The van der Waals surface area contributed by atoms with E-state index in [2.05, 4.69) is 5.32 Å². The maximum Gasteiger partial charge on any atom is 0.324 e. The number of urea groups is 1. The van der Waals surface area contributed by atoms with Crippen molar-refractivity contribution in [2.45, 2.75) is 31.7 Å². The van der Waals surface area contributed by atoms with Crippen molar-refractivity contribution in [3.63, 3.8) is 0 Å². The number of amides is 3. The van der Waals surface area contributed by atoms with Crippen molar-refractivity contribution < 1.29 is 9.59 Å². The smallest absolute Gasteiger partial charge is 0.324 e. The minimum Gasteiger partial charge on any atom is -0.334 e. The Bertz CT molecular complexity index is 283. The summed E-state index contributed by atoms with van der Waals surface area (Å²) in [7, 11) is 0. The maximum absolute atomic E-state index is 12.0. The fourth-order valence-electron chi connectivity index (χ4n) is 2.43. The van der Waals surface area contributed by atoms with E-state index in [0.717, 1.165) is 25.7 Å². The second kappa shape index (κ2) is 4.39. The van der Waals surface area contributed by atoms with Crippen LogP contribution in [0.3, 0.4) is 0 Å². The van der Waals surface area contributed by atoms with E-state index in [1.807, 2.05) is 0 Å². The fourth-order valence-corrected chi connectivity index (χ4v) is 2.60. The van der Waals surface area contributed by atoms with Crippen LogP contribution in [-0.4, -0.2) is 35.3 Å². The number of imide groups is 1. The predicted octanol–water partition coefficient (Wildman–Crippen LogP) is 1.34. The highest BCUT2D eigenvalue weighted by Gasteiger charge is 2.41. The Morgan fingerprint density at radius 2 is 2.07 bits per heavy atom. The van der Waals surface area contributed by atoms with Crippen LogP contribution in [0.5, 0.6) is 0 Å². The third-order valence-corrected chi connectivity index (χ3v) is 3.38. The van der Waals surface area contributed by atoms with Gasteiger partial charge in [0.15, 0.2) is 0 Å². The molecule has 0 spiro atoms. The zero-order chi connectivity index (χ0) is 10.8. The average molecular weight is 231 g/mol. The predicted molar refractivity (Wildman–Crippen MR) is 56.7 cm³/mol. The molecule has 4 nitrogen and oxygen atoms in total. The first kappa shape index (κ1) is 10.7. The van der Waals surface area contributed by atoms with Gasteiger partial charge >= 0.3 is 6.03 Å². The van der Waals surface area contributed by atoms with Gasteiger partial charge in [0, 0.05) is 18.5 Å². The van der Waals surface area contributed by atoms with Gasteiger partial charge in [-0.25, -0.2) is 4.79 Å². The van der Waals surface area contributed by atoms with Gasteiger partial charge in [-0.2, -0.15) is 0 Å². The number of halogens is 1. The van der Waals surface area contributed by atoms with Crippen LogP contribution in [0, 0.1) is 5.92 Å². The molecule has 1 saturated heterocycles. The first-order valence-corrected chi connectivity index (χ1v) is 5.95. The largest absolute Gasteiger partial charge is 0.334 e. The lowest BCUT2D eigenvalue weighted by Gasteiger charge is -2.39. The highest BCUT2D eigenvalue weighted by Crippen LogP contribution is 2.29. The first-order valence-electron chi connectivity index (χ1n) is 5.42. The van der Waals surface area contributed by atoms with Crippen molar-refractivity contribution in [1.82, 2.24) is 10.2 Å². The van der Waals surface area contributed by atoms with Crippen LogP contribution >= 0.6 is 11.6 Å². The molecule has 2 aliphatic rings. The molecule has 2 atom stereocenters. The van der Waals surface area contributed by atoms with Crippen LogP contribution < -0.4 is 5.32 Å². The number of rotatable bonds is 2. The normalized spacial score (nSPS) is 31.1. The van der Waals surface area contributed by atoms with E-state index < -0.39 is 0 Å². The molecule has 3 amide bonds. The van der Waals surface area contributed by atoms with E-state index in [1.54, 1.807) is 0 Å². The van der Waals surface area contributed by atoms with E-state index >= 15 is 0 Å². The Labute approximate surface area is 93.9 Å². The monoisotopic (exact) mass is 230 g/mol. The summed E-state index contributed by atoms with van der Waals surface area (Å²) < 4.78 is 0. The van der Waals surface area contributed by atoms with E-state index in [9.17, 15) is 9.59 Å². The van der Waals surface area contributed by atoms with E-state index in [1.165, 1.54) is 4.90 Å². The van der Waals surface area contributed by atoms with Crippen molar-refractivity contribution >= 4 is 23.5 Å². The van der Waals surface area contributed by atoms with Gasteiger partial charge in [0.2, 0.25) is 5.91 Å². The zero-order valence-electron chi connectivity index (χ0n) is 8.54. The lowest BCUT2D eigenvalue weighted by Crippen LogP contribution is -2.61. The summed E-state index contributed by atoms with van der Waals surface area (Å²) in [6.45, 7) is 0.315. The minimum absolute atomic E-state index is 0.0142. The highest BCUT2D eigenvalue weighted by molar-refractivity contribution is 6.18. The topological polar surface area (TPSA) is 49.4 Å². The molecule has 2 unspecified atom stereocenters. The molecule has 1 heterocycles. The second-order valence-electron chi connectivity index (χ2n) is 4.13. The average Bonchev–Trinajstić information content (AvgIpc) is 2.24. The third kappa shape index (κ3) is 1.95. The van der Waals surface area contributed by atoms with E-state index in [-0.39, 0.29) is 23.9 Å². The van der Waals surface area contributed by atoms with Gasteiger partial charge in [-0.05, 0) is 12.8 Å². The van der Waals surface area contributed by atoms with Crippen LogP contribution in [0.2, 0.25) is 0 Å². The standard InChI is InChI=1S/C10H15ClN2O2/c11-5-6-13-9(14)7-3-1-2-4-8(7)12-10(13)15/h7-8H,1-6H2,(H,12,15). The van der Waals surface area contributed by atoms with Crippen LogP contribution in [0.15, 0.2) is 0 Å². The van der Waals surface area contributed by atoms with Crippen LogP contribution in [0.4, 0.5) is 4.79 Å². The summed E-state index contributed by atoms with van der Waals surface area (Å²) in [6, 6.07) is -0.214. The lowest BCUT2D eigenvalue weighted by atomic mass is 9.82. The number of nitrogens with one attached hydrogen (secondary N) is 1. The van der Waals surface area contributed by atoms with Gasteiger partial charge in [0.1, 0.15) is 0 Å². The van der Waals surface area contributed by atoms with E-state index in [0.29, 0.717) is 12.4 Å². The molecule has 1 N–H and O–H groups in total. The quantitative estimate of drug-likeness (QED) is 0.728. The van der Waals surface area contributed by atoms with Crippen LogP contribution in [-0.2, 0) is 4.79 Å². The molecule has 1 aliphatic heterocycles. The molecule has 15 heavy (non-hydrogen) atoms. The first-order chi connectivity index (χ1) is 7.24. The van der Waals surface area contributed by atoms with Crippen molar-refractivity contribution in [2.75, 3.05) is 12.4 Å². The van der Waals surface area contributed by atoms with Crippen LogP contribution in [0.1, 0.15) is 25.7 Å². The van der Waals surface area contributed by atoms with Gasteiger partial charge < -0.3 is 5.32 Å². The van der Waals surface area contributed by atoms with Crippen LogP contribution in [0.25, 0.3) is 0 Å². The fraction of sp³-hybridized carbons (Fsp3) is 0.800. The number of nitrogens with zero attached hydrogens (tertiary/aromatic N) is 1. The molecular formula is C10H15ClN2O2. The summed E-state index contributed by atoms with van der Waals surface area (Å²) in [6.07, 6.45) is 4.00. The Morgan fingerprint density at radius 1 is 1.33 bits per heavy atom. The van der Waals surface area contributed by atoms with Gasteiger partial charge in [0.05, 0.1) is 5.92 Å². The van der Waals surface area contributed by atoms with Gasteiger partial charge in [-0.3, -0.25) is 9.69 Å². The molecule has 84 valence electrons. The summed E-state index contributed by atoms with van der Waals surface area (Å²) in [5.41, 5.74) is 0. The molecule has 0 aromatic rings. The lowest BCUT2D eigenvalue weighted by molar-refractivity contribution is -0.136. The van der Waals surface area contributed by atoms with Crippen molar-refractivity contribution in [1.29, 1.82) is 0 Å². The number of carbonyl (C=O) groups is 2. The maximum atomic E-state index is 12.0. The highest BCUT2D eigenvalue weighted by atomic mass is 35.5. The molecular weight excluding hydrogens is 216 g/mol. The number of hydrogen-bond acceptors (Lipinski definition) is 2. The second-order valence-corrected chi connectivity index (χ2v) is 4.50. The molecule has 0 aromatic carbocycles. The summed E-state index contributed by atoms with van der Waals surface area (Å²) in [4.78, 5) is 24.8. The molecule has 1 aliphatic carbocycles.